The van der Waals surface area contributed by atoms with Gasteiger partial charge in [-0.3, -0.25) is 4.79 Å². The molecule has 6 heteroatoms. The average molecular weight is 326 g/mol. The van der Waals surface area contributed by atoms with E-state index in [1.807, 2.05) is 18.2 Å². The number of aliphatic hydroxyl groups is 1. The van der Waals surface area contributed by atoms with Gasteiger partial charge in [-0.15, -0.1) is 0 Å². The second kappa shape index (κ2) is 5.30. The van der Waals surface area contributed by atoms with Crippen LogP contribution in [0.5, 0.6) is 0 Å². The Labute approximate surface area is 129 Å². The Morgan fingerprint density at radius 3 is 2.60 bits per heavy atom. The Morgan fingerprint density at radius 2 is 1.85 bits per heavy atom. The van der Waals surface area contributed by atoms with Crippen molar-refractivity contribution in [2.45, 2.75) is 15.9 Å². The molecule has 0 aromatic heterocycles. The molecule has 0 fully saturated rings. The van der Waals surface area contributed by atoms with E-state index in [0.29, 0.717) is 21.3 Å². The summed E-state index contributed by atoms with van der Waals surface area (Å²) in [5.74, 6) is -0.434. The Bertz CT molecular complexity index is 706. The van der Waals surface area contributed by atoms with Crippen molar-refractivity contribution < 1.29 is 9.90 Å². The van der Waals surface area contributed by atoms with E-state index in [-0.39, 0.29) is 0 Å². The smallest absolute Gasteiger partial charge is 0.257 e. The summed E-state index contributed by atoms with van der Waals surface area (Å²) in [5, 5.41) is 13.4. The molecule has 20 heavy (non-hydrogen) atoms. The second-order valence-electron chi connectivity index (χ2n) is 4.29. The van der Waals surface area contributed by atoms with Crippen LogP contribution in [0.1, 0.15) is 11.7 Å². The normalized spacial score (nSPS) is 16.9. The molecule has 3 rings (SSSR count). The number of amides is 1. The van der Waals surface area contributed by atoms with Crippen LogP contribution in [-0.2, 0) is 4.79 Å². The molecule has 0 saturated carbocycles. The molecule has 1 heterocycles. The Hall–Kier alpha value is -1.20. The molecular formula is C14H9Cl2NO2S. The van der Waals surface area contributed by atoms with Gasteiger partial charge in [0.1, 0.15) is 0 Å². The van der Waals surface area contributed by atoms with Crippen molar-refractivity contribution in [3.63, 3.8) is 0 Å². The maximum atomic E-state index is 11.4. The van der Waals surface area contributed by atoms with E-state index in [0.717, 1.165) is 9.79 Å². The maximum absolute atomic E-state index is 11.4. The van der Waals surface area contributed by atoms with Gasteiger partial charge in [-0.2, -0.15) is 0 Å². The Morgan fingerprint density at radius 1 is 1.10 bits per heavy atom. The van der Waals surface area contributed by atoms with Crippen LogP contribution in [0.25, 0.3) is 0 Å². The van der Waals surface area contributed by atoms with E-state index >= 15 is 0 Å². The molecule has 0 saturated heterocycles. The van der Waals surface area contributed by atoms with Gasteiger partial charge in [0.25, 0.3) is 5.91 Å². The zero-order valence-electron chi connectivity index (χ0n) is 10.1. The highest BCUT2D eigenvalue weighted by atomic mass is 35.5. The van der Waals surface area contributed by atoms with E-state index in [9.17, 15) is 9.90 Å². The standard InChI is InChI=1S/C14H9Cl2NO2S/c15-8-3-1-2-4-11(8)20-12-6-10-7(5-9(12)16)13(18)14(19)17-10/h1-6,13,18H,(H,17,19). The third-order valence-corrected chi connectivity index (χ3v) is 4.96. The molecule has 2 aromatic rings. The van der Waals surface area contributed by atoms with Crippen LogP contribution in [0.3, 0.4) is 0 Å². The number of hydrogen-bond donors (Lipinski definition) is 2. The highest BCUT2D eigenvalue weighted by Gasteiger charge is 2.29. The van der Waals surface area contributed by atoms with E-state index < -0.39 is 12.0 Å². The monoisotopic (exact) mass is 325 g/mol. The number of halogens is 2. The summed E-state index contributed by atoms with van der Waals surface area (Å²) in [6, 6.07) is 10.8. The second-order valence-corrected chi connectivity index (χ2v) is 6.19. The van der Waals surface area contributed by atoms with Crippen LogP contribution in [0.15, 0.2) is 46.2 Å². The van der Waals surface area contributed by atoms with Crippen molar-refractivity contribution in [2.24, 2.45) is 0 Å². The summed E-state index contributed by atoms with van der Waals surface area (Å²) < 4.78 is 0. The molecule has 1 aliphatic rings. The predicted molar refractivity (Wildman–Crippen MR) is 80.6 cm³/mol. The Balaban J connectivity index is 1.99. The molecule has 1 aliphatic heterocycles. The number of nitrogens with one attached hydrogen (secondary N) is 1. The van der Waals surface area contributed by atoms with Crippen molar-refractivity contribution >= 4 is 46.6 Å². The first-order chi connectivity index (χ1) is 9.56. The van der Waals surface area contributed by atoms with Gasteiger partial charge < -0.3 is 10.4 Å². The number of fused-ring (bicyclic) bond motifs is 1. The molecule has 0 bridgehead atoms. The Kier molecular flexibility index (Phi) is 3.65. The molecule has 0 radical (unpaired) electrons. The van der Waals surface area contributed by atoms with Crippen molar-refractivity contribution in [2.75, 3.05) is 5.32 Å². The van der Waals surface area contributed by atoms with E-state index in [1.54, 1.807) is 18.2 Å². The fourth-order valence-electron chi connectivity index (χ4n) is 1.97. The summed E-state index contributed by atoms with van der Waals surface area (Å²) in [4.78, 5) is 13.1. The van der Waals surface area contributed by atoms with Gasteiger partial charge in [-0.1, -0.05) is 47.1 Å². The molecular weight excluding hydrogens is 317 g/mol. The zero-order chi connectivity index (χ0) is 14.3. The molecule has 2 aromatic carbocycles. The van der Waals surface area contributed by atoms with Gasteiger partial charge >= 0.3 is 0 Å². The number of carbonyl (C=O) groups excluding carboxylic acids is 1. The van der Waals surface area contributed by atoms with Crippen molar-refractivity contribution in [3.8, 4) is 0 Å². The third-order valence-electron chi connectivity index (χ3n) is 2.96. The van der Waals surface area contributed by atoms with Gasteiger partial charge in [-0.05, 0) is 24.3 Å². The van der Waals surface area contributed by atoms with Gasteiger partial charge in [0, 0.05) is 21.0 Å². The summed E-state index contributed by atoms with van der Waals surface area (Å²) in [6.07, 6.45) is -1.15. The van der Waals surface area contributed by atoms with Crippen molar-refractivity contribution in [1.82, 2.24) is 0 Å². The molecule has 1 amide bonds. The molecule has 0 spiro atoms. The lowest BCUT2D eigenvalue weighted by Crippen LogP contribution is -2.10. The van der Waals surface area contributed by atoms with Gasteiger partial charge in [-0.25, -0.2) is 0 Å². The molecule has 1 unspecified atom stereocenters. The summed E-state index contributed by atoms with van der Waals surface area (Å²) in [5.41, 5.74) is 1.09. The summed E-state index contributed by atoms with van der Waals surface area (Å²) in [6.45, 7) is 0. The largest absolute Gasteiger partial charge is 0.378 e. The minimum Gasteiger partial charge on any atom is -0.378 e. The molecule has 102 valence electrons. The quantitative estimate of drug-likeness (QED) is 0.872. The van der Waals surface area contributed by atoms with Crippen LogP contribution in [0.4, 0.5) is 5.69 Å². The predicted octanol–water partition coefficient (Wildman–Crippen LogP) is 4.13. The first-order valence-corrected chi connectivity index (χ1v) is 7.38. The number of hydrogen-bond acceptors (Lipinski definition) is 3. The van der Waals surface area contributed by atoms with Gasteiger partial charge in [0.2, 0.25) is 0 Å². The fourth-order valence-corrected chi connectivity index (χ4v) is 3.39. The van der Waals surface area contributed by atoms with Crippen molar-refractivity contribution in [3.05, 3.63) is 52.0 Å². The highest BCUT2D eigenvalue weighted by molar-refractivity contribution is 7.99. The number of carbonyl (C=O) groups is 1. The molecule has 3 nitrogen and oxygen atoms in total. The van der Waals surface area contributed by atoms with E-state index in [2.05, 4.69) is 5.32 Å². The molecule has 1 atom stereocenters. The lowest BCUT2D eigenvalue weighted by Gasteiger charge is -2.09. The zero-order valence-corrected chi connectivity index (χ0v) is 12.4. The lowest BCUT2D eigenvalue weighted by atomic mass is 10.1. The van der Waals surface area contributed by atoms with Gasteiger partial charge in [0.05, 0.1) is 10.0 Å². The number of aliphatic hydroxyl groups excluding tert-OH is 1. The number of rotatable bonds is 2. The van der Waals surface area contributed by atoms with Crippen LogP contribution in [0.2, 0.25) is 10.0 Å². The first kappa shape index (κ1) is 13.8. The van der Waals surface area contributed by atoms with Crippen LogP contribution in [-0.4, -0.2) is 11.0 Å². The topological polar surface area (TPSA) is 49.3 Å². The lowest BCUT2D eigenvalue weighted by molar-refractivity contribution is -0.123. The number of anilines is 1. The van der Waals surface area contributed by atoms with E-state index in [4.69, 9.17) is 23.2 Å². The van der Waals surface area contributed by atoms with Crippen LogP contribution < -0.4 is 5.32 Å². The number of benzene rings is 2. The third kappa shape index (κ3) is 2.40. The maximum Gasteiger partial charge on any atom is 0.257 e. The van der Waals surface area contributed by atoms with E-state index in [1.165, 1.54) is 11.8 Å². The highest BCUT2D eigenvalue weighted by Crippen LogP contribution is 2.42. The fraction of sp³-hybridized carbons (Fsp3) is 0.0714. The summed E-state index contributed by atoms with van der Waals surface area (Å²) >= 11 is 13.7. The first-order valence-electron chi connectivity index (χ1n) is 5.81. The molecule has 2 N–H and O–H groups in total. The summed E-state index contributed by atoms with van der Waals surface area (Å²) in [7, 11) is 0. The minimum absolute atomic E-state index is 0.434. The van der Waals surface area contributed by atoms with Crippen molar-refractivity contribution in [1.29, 1.82) is 0 Å². The molecule has 0 aliphatic carbocycles. The van der Waals surface area contributed by atoms with Crippen LogP contribution in [0, 0.1) is 0 Å². The van der Waals surface area contributed by atoms with Gasteiger partial charge in [0.15, 0.2) is 6.10 Å². The SMILES string of the molecule is O=C1Nc2cc(Sc3ccccc3Cl)c(Cl)cc2C1O. The minimum atomic E-state index is -1.15. The van der Waals surface area contributed by atoms with Crippen LogP contribution >= 0.6 is 35.0 Å². The average Bonchev–Trinajstić information content (AvgIpc) is 2.69.